The van der Waals surface area contributed by atoms with Gasteiger partial charge in [0.1, 0.15) is 29.5 Å². The van der Waals surface area contributed by atoms with Crippen LogP contribution in [0.25, 0.3) is 0 Å². The van der Waals surface area contributed by atoms with Gasteiger partial charge in [0.15, 0.2) is 11.5 Å². The van der Waals surface area contributed by atoms with Crippen LogP contribution in [0.5, 0.6) is 17.2 Å². The third-order valence-corrected chi connectivity index (χ3v) is 7.47. The molecule has 1 amide bonds. The van der Waals surface area contributed by atoms with Gasteiger partial charge in [-0.15, -0.1) is 0 Å². The molecule has 31 heavy (non-hydrogen) atoms. The number of anilines is 1. The summed E-state index contributed by atoms with van der Waals surface area (Å²) in [5.41, 5.74) is 0.180. The average Bonchev–Trinajstić information content (AvgIpc) is 2.78. The average molecular weight is 445 g/mol. The second-order valence-electron chi connectivity index (χ2n) is 7.83. The lowest BCUT2D eigenvalue weighted by molar-refractivity contribution is 0.0675. The van der Waals surface area contributed by atoms with E-state index >= 15 is 0 Å². The highest BCUT2D eigenvalue weighted by molar-refractivity contribution is 7.89. The molecule has 9 nitrogen and oxygen atoms in total. The summed E-state index contributed by atoms with van der Waals surface area (Å²) in [4.78, 5) is 14.9. The number of ether oxygens (including phenoxy) is 3. The van der Waals surface area contributed by atoms with Gasteiger partial charge in [0.2, 0.25) is 10.0 Å². The van der Waals surface area contributed by atoms with E-state index in [1.165, 1.54) is 13.2 Å². The van der Waals surface area contributed by atoms with E-state index in [0.717, 1.165) is 0 Å². The van der Waals surface area contributed by atoms with Gasteiger partial charge >= 0.3 is 0 Å². The van der Waals surface area contributed by atoms with Crippen molar-refractivity contribution in [3.05, 3.63) is 42.0 Å². The number of hydrogen-bond donors (Lipinski definition) is 2. The smallest absolute Gasteiger partial charge is 0.253 e. The highest BCUT2D eigenvalue weighted by atomic mass is 32.2. The van der Waals surface area contributed by atoms with Crippen LogP contribution in [-0.4, -0.2) is 58.3 Å². The van der Waals surface area contributed by atoms with Gasteiger partial charge in [-0.2, -0.15) is 4.72 Å². The maximum Gasteiger partial charge on any atom is 0.253 e. The number of likely N-dealkylation sites (tertiary alicyclic amines) is 1. The molecule has 0 radical (unpaired) electrons. The van der Waals surface area contributed by atoms with Crippen molar-refractivity contribution in [2.75, 3.05) is 38.7 Å². The van der Waals surface area contributed by atoms with Crippen LogP contribution in [0.15, 0.2) is 41.3 Å². The summed E-state index contributed by atoms with van der Waals surface area (Å²) in [6, 6.07) is 10.00. The number of carbonyl (C=O) groups excluding carboxylic acids is 1. The number of hydrogen-bond acceptors (Lipinski definition) is 7. The van der Waals surface area contributed by atoms with E-state index in [-0.39, 0.29) is 10.8 Å². The van der Waals surface area contributed by atoms with Crippen molar-refractivity contribution >= 4 is 21.6 Å². The molecule has 0 aromatic heterocycles. The Morgan fingerprint density at radius 1 is 1.06 bits per heavy atom. The monoisotopic (exact) mass is 445 g/mol. The van der Waals surface area contributed by atoms with Crippen LogP contribution in [-0.2, 0) is 10.0 Å². The summed E-state index contributed by atoms with van der Waals surface area (Å²) in [5, 5.41) is 3.34. The van der Waals surface area contributed by atoms with Crippen molar-refractivity contribution in [1.82, 2.24) is 9.62 Å². The minimum absolute atomic E-state index is 0.118. The second-order valence-corrected chi connectivity index (χ2v) is 9.48. The quantitative estimate of drug-likeness (QED) is 0.726. The molecule has 5 rings (SSSR count). The predicted octanol–water partition coefficient (Wildman–Crippen LogP) is 1.80. The molecule has 2 aromatic rings. The standard InChI is InChI=1S/C21H23N3O6S/c1-28-15-3-5-19-16(13-15)22-21(23-31(19,26)27)6-8-24(9-7-21)20(25)14-2-4-17-18(12-14)30-11-10-29-17/h2-5,12-13,22-23H,6-11H2,1H3. The van der Waals surface area contributed by atoms with Crippen LogP contribution in [0.3, 0.4) is 0 Å². The van der Waals surface area contributed by atoms with Crippen LogP contribution >= 0.6 is 0 Å². The van der Waals surface area contributed by atoms with Gasteiger partial charge in [0.25, 0.3) is 5.91 Å². The molecule has 10 heteroatoms. The Bertz CT molecular complexity index is 1140. The molecule has 0 saturated carbocycles. The summed E-state index contributed by atoms with van der Waals surface area (Å²) in [5.74, 6) is 1.66. The van der Waals surface area contributed by atoms with Gasteiger partial charge in [-0.1, -0.05) is 0 Å². The number of rotatable bonds is 2. The minimum Gasteiger partial charge on any atom is -0.497 e. The number of amides is 1. The van der Waals surface area contributed by atoms with Crippen LogP contribution in [0.1, 0.15) is 23.2 Å². The largest absolute Gasteiger partial charge is 0.497 e. The molecule has 2 N–H and O–H groups in total. The van der Waals surface area contributed by atoms with Crippen molar-refractivity contribution in [2.24, 2.45) is 0 Å². The number of benzene rings is 2. The molecular weight excluding hydrogens is 422 g/mol. The van der Waals surface area contributed by atoms with E-state index in [9.17, 15) is 13.2 Å². The number of carbonyl (C=O) groups is 1. The first-order valence-electron chi connectivity index (χ1n) is 10.1. The number of nitrogens with one attached hydrogen (secondary N) is 2. The summed E-state index contributed by atoms with van der Waals surface area (Å²) in [6.07, 6.45) is 0.859. The maximum absolute atomic E-state index is 13.0. The topological polar surface area (TPSA) is 106 Å². The number of piperidine rings is 1. The highest BCUT2D eigenvalue weighted by Crippen LogP contribution is 2.37. The number of methoxy groups -OCH3 is 1. The van der Waals surface area contributed by atoms with E-state index in [0.29, 0.717) is 67.6 Å². The third kappa shape index (κ3) is 3.55. The van der Waals surface area contributed by atoms with Crippen molar-refractivity contribution in [2.45, 2.75) is 23.4 Å². The van der Waals surface area contributed by atoms with Crippen LogP contribution in [0.4, 0.5) is 5.69 Å². The highest BCUT2D eigenvalue weighted by Gasteiger charge is 2.44. The zero-order chi connectivity index (χ0) is 21.6. The minimum atomic E-state index is -3.68. The fourth-order valence-electron chi connectivity index (χ4n) is 4.24. The van der Waals surface area contributed by atoms with Crippen LogP contribution < -0.4 is 24.2 Å². The zero-order valence-electron chi connectivity index (χ0n) is 17.0. The van der Waals surface area contributed by atoms with Crippen molar-refractivity contribution in [1.29, 1.82) is 0 Å². The number of sulfonamides is 1. The summed E-state index contributed by atoms with van der Waals surface area (Å²) in [6.45, 7) is 1.76. The molecule has 1 spiro atoms. The van der Waals surface area contributed by atoms with Crippen molar-refractivity contribution < 1.29 is 27.4 Å². The Morgan fingerprint density at radius 2 is 1.81 bits per heavy atom. The molecule has 3 aliphatic rings. The van der Waals surface area contributed by atoms with Gasteiger partial charge in [-0.25, -0.2) is 8.42 Å². The zero-order valence-corrected chi connectivity index (χ0v) is 17.8. The van der Waals surface area contributed by atoms with E-state index < -0.39 is 15.7 Å². The Hall–Kier alpha value is -2.98. The van der Waals surface area contributed by atoms with Gasteiger partial charge in [-0.3, -0.25) is 4.79 Å². The van der Waals surface area contributed by atoms with Crippen molar-refractivity contribution in [3.8, 4) is 17.2 Å². The first kappa shape index (κ1) is 20.0. The Labute approximate surface area is 180 Å². The van der Waals surface area contributed by atoms with Crippen molar-refractivity contribution in [3.63, 3.8) is 0 Å². The Kier molecular flexibility index (Phi) is 4.71. The molecular formula is C21H23N3O6S. The lowest BCUT2D eigenvalue weighted by Crippen LogP contribution is -2.62. The molecule has 3 aliphatic heterocycles. The molecule has 3 heterocycles. The van der Waals surface area contributed by atoms with Crippen LogP contribution in [0.2, 0.25) is 0 Å². The number of nitrogens with zero attached hydrogens (tertiary/aromatic N) is 1. The molecule has 0 bridgehead atoms. The maximum atomic E-state index is 13.0. The first-order valence-corrected chi connectivity index (χ1v) is 11.6. The predicted molar refractivity (Wildman–Crippen MR) is 112 cm³/mol. The fraction of sp³-hybridized carbons (Fsp3) is 0.381. The van der Waals surface area contributed by atoms with Crippen LogP contribution in [0, 0.1) is 0 Å². The van der Waals surface area contributed by atoms with Gasteiger partial charge in [0, 0.05) is 37.6 Å². The van der Waals surface area contributed by atoms with E-state index in [1.54, 1.807) is 35.2 Å². The number of fused-ring (bicyclic) bond motifs is 2. The molecule has 1 fully saturated rings. The fourth-order valence-corrected chi connectivity index (χ4v) is 5.77. The Morgan fingerprint density at radius 3 is 2.55 bits per heavy atom. The van der Waals surface area contributed by atoms with E-state index in [2.05, 4.69) is 10.0 Å². The van der Waals surface area contributed by atoms with Gasteiger partial charge < -0.3 is 24.4 Å². The third-order valence-electron chi connectivity index (χ3n) is 5.87. The normalized spacial score (nSPS) is 20.5. The molecule has 0 unspecified atom stereocenters. The summed E-state index contributed by atoms with van der Waals surface area (Å²) in [7, 11) is -2.14. The lowest BCUT2D eigenvalue weighted by Gasteiger charge is -2.45. The van der Waals surface area contributed by atoms with Gasteiger partial charge in [-0.05, 0) is 30.3 Å². The molecule has 1 saturated heterocycles. The molecule has 164 valence electrons. The van der Waals surface area contributed by atoms with Gasteiger partial charge in [0.05, 0.1) is 12.8 Å². The van der Waals surface area contributed by atoms with E-state index in [1.807, 2.05) is 0 Å². The Balaban J connectivity index is 1.33. The molecule has 0 aliphatic carbocycles. The first-order chi connectivity index (χ1) is 14.9. The molecule has 0 atom stereocenters. The summed E-state index contributed by atoms with van der Waals surface area (Å²) >= 11 is 0. The second kappa shape index (κ2) is 7.31. The SMILES string of the molecule is COc1ccc2c(c1)NC1(CCN(C(=O)c3ccc4c(c3)OCCO4)CC1)NS2(=O)=O. The van der Waals surface area contributed by atoms with E-state index in [4.69, 9.17) is 14.2 Å². The lowest BCUT2D eigenvalue weighted by atomic mass is 9.96. The molecule has 2 aromatic carbocycles. The summed E-state index contributed by atoms with van der Waals surface area (Å²) < 4.78 is 44.7.